The predicted octanol–water partition coefficient (Wildman–Crippen LogP) is 3.69. The maximum atomic E-state index is 12.8. The lowest BCUT2D eigenvalue weighted by molar-refractivity contribution is 0.627. The molecule has 0 amide bonds. The molecule has 1 aromatic carbocycles. The third-order valence-corrected chi connectivity index (χ3v) is 2.98. The third-order valence-electron chi connectivity index (χ3n) is 2.28. The van der Waals surface area contributed by atoms with Crippen molar-refractivity contribution >= 4 is 17.4 Å². The topological polar surface area (TPSA) is 12.0 Å². The van der Waals surface area contributed by atoms with Crippen LogP contribution >= 0.6 is 11.8 Å². The van der Waals surface area contributed by atoms with Crippen molar-refractivity contribution in [2.75, 3.05) is 23.9 Å². The lowest BCUT2D eigenvalue weighted by Gasteiger charge is -2.08. The molecule has 3 heteroatoms. The fourth-order valence-corrected chi connectivity index (χ4v) is 1.91. The van der Waals surface area contributed by atoms with E-state index in [1.807, 2.05) is 18.7 Å². The number of rotatable bonds is 6. The number of hydrogen-bond donors (Lipinski definition) is 1. The van der Waals surface area contributed by atoms with Crippen molar-refractivity contribution in [1.29, 1.82) is 0 Å². The summed E-state index contributed by atoms with van der Waals surface area (Å²) in [7, 11) is 0. The predicted molar refractivity (Wildman–Crippen MR) is 67.2 cm³/mol. The van der Waals surface area contributed by atoms with E-state index >= 15 is 0 Å². The van der Waals surface area contributed by atoms with Gasteiger partial charge in [-0.2, -0.15) is 11.8 Å². The standard InChI is InChI=1S/C12H18FNS/c1-10-9-11(13)5-6-12(10)14-7-3-4-8-15-2/h5-6,9,14H,3-4,7-8H2,1-2H3. The van der Waals surface area contributed by atoms with E-state index in [2.05, 4.69) is 11.6 Å². The number of anilines is 1. The quantitative estimate of drug-likeness (QED) is 0.744. The number of benzene rings is 1. The summed E-state index contributed by atoms with van der Waals surface area (Å²) in [6, 6.07) is 4.86. The highest BCUT2D eigenvalue weighted by Crippen LogP contribution is 2.15. The van der Waals surface area contributed by atoms with E-state index in [1.165, 1.54) is 18.2 Å². The number of unbranched alkanes of at least 4 members (excludes halogenated alkanes) is 1. The van der Waals surface area contributed by atoms with Crippen LogP contribution in [0, 0.1) is 12.7 Å². The molecule has 15 heavy (non-hydrogen) atoms. The number of hydrogen-bond acceptors (Lipinski definition) is 2. The van der Waals surface area contributed by atoms with Gasteiger partial charge < -0.3 is 5.32 Å². The molecule has 0 heterocycles. The van der Waals surface area contributed by atoms with E-state index in [4.69, 9.17) is 0 Å². The molecule has 1 rings (SSSR count). The summed E-state index contributed by atoms with van der Waals surface area (Å²) in [5, 5.41) is 3.32. The number of thioether (sulfide) groups is 1. The van der Waals surface area contributed by atoms with Gasteiger partial charge in [0.2, 0.25) is 0 Å². The molecule has 0 radical (unpaired) electrons. The lowest BCUT2D eigenvalue weighted by Crippen LogP contribution is -2.03. The molecule has 0 aliphatic heterocycles. The molecule has 0 aliphatic carbocycles. The molecule has 1 N–H and O–H groups in total. The average Bonchev–Trinajstić information content (AvgIpc) is 2.20. The Hall–Kier alpha value is -0.700. The fraction of sp³-hybridized carbons (Fsp3) is 0.500. The Labute approximate surface area is 95.5 Å². The van der Waals surface area contributed by atoms with Crippen LogP contribution in [0.15, 0.2) is 18.2 Å². The zero-order chi connectivity index (χ0) is 11.1. The molecule has 84 valence electrons. The lowest BCUT2D eigenvalue weighted by atomic mass is 10.2. The van der Waals surface area contributed by atoms with Gasteiger partial charge in [-0.1, -0.05) is 0 Å². The van der Waals surface area contributed by atoms with Gasteiger partial charge in [0.15, 0.2) is 0 Å². The van der Waals surface area contributed by atoms with Gasteiger partial charge >= 0.3 is 0 Å². The molecule has 0 unspecified atom stereocenters. The maximum Gasteiger partial charge on any atom is 0.123 e. The maximum absolute atomic E-state index is 12.8. The van der Waals surface area contributed by atoms with Crippen molar-refractivity contribution in [2.45, 2.75) is 19.8 Å². The minimum absolute atomic E-state index is 0.166. The van der Waals surface area contributed by atoms with Crippen LogP contribution in [0.3, 0.4) is 0 Å². The first kappa shape index (κ1) is 12.4. The van der Waals surface area contributed by atoms with Crippen LogP contribution in [-0.4, -0.2) is 18.6 Å². The molecule has 0 saturated carbocycles. The van der Waals surface area contributed by atoms with Crippen LogP contribution in [0.5, 0.6) is 0 Å². The van der Waals surface area contributed by atoms with E-state index in [0.717, 1.165) is 24.2 Å². The first-order chi connectivity index (χ1) is 7.24. The minimum Gasteiger partial charge on any atom is -0.385 e. The second-order valence-electron chi connectivity index (χ2n) is 3.59. The van der Waals surface area contributed by atoms with Gasteiger partial charge in [0.1, 0.15) is 5.82 Å². The summed E-state index contributed by atoms with van der Waals surface area (Å²) in [6.07, 6.45) is 4.52. The molecular weight excluding hydrogens is 209 g/mol. The summed E-state index contributed by atoms with van der Waals surface area (Å²) in [5.41, 5.74) is 2.01. The SMILES string of the molecule is CSCCCCNc1ccc(F)cc1C. The van der Waals surface area contributed by atoms with Gasteiger partial charge in [-0.05, 0) is 55.5 Å². The van der Waals surface area contributed by atoms with Crippen LogP contribution in [0.2, 0.25) is 0 Å². The molecule has 0 spiro atoms. The van der Waals surface area contributed by atoms with Crippen LogP contribution in [0.1, 0.15) is 18.4 Å². The van der Waals surface area contributed by atoms with E-state index in [-0.39, 0.29) is 5.82 Å². The molecule has 0 fully saturated rings. The first-order valence-corrected chi connectivity index (χ1v) is 6.62. The summed E-state index contributed by atoms with van der Waals surface area (Å²) in [6.45, 7) is 2.89. The normalized spacial score (nSPS) is 10.3. The van der Waals surface area contributed by atoms with E-state index < -0.39 is 0 Å². The summed E-state index contributed by atoms with van der Waals surface area (Å²) in [5.74, 6) is 1.05. The molecule has 0 aliphatic rings. The molecule has 0 saturated heterocycles. The van der Waals surface area contributed by atoms with Crippen LogP contribution in [0.25, 0.3) is 0 Å². The Morgan fingerprint density at radius 3 is 2.80 bits per heavy atom. The Kier molecular flexibility index (Phi) is 5.54. The van der Waals surface area contributed by atoms with Crippen LogP contribution in [-0.2, 0) is 0 Å². The largest absolute Gasteiger partial charge is 0.385 e. The molecule has 0 atom stereocenters. The van der Waals surface area contributed by atoms with E-state index in [9.17, 15) is 4.39 Å². The summed E-state index contributed by atoms with van der Waals surface area (Å²) < 4.78 is 12.8. The van der Waals surface area contributed by atoms with Gasteiger partial charge in [-0.3, -0.25) is 0 Å². The molecular formula is C12H18FNS. The third kappa shape index (κ3) is 4.56. The highest BCUT2D eigenvalue weighted by molar-refractivity contribution is 7.98. The van der Waals surface area contributed by atoms with E-state index in [0.29, 0.717) is 0 Å². The van der Waals surface area contributed by atoms with Crippen molar-refractivity contribution in [2.24, 2.45) is 0 Å². The second kappa shape index (κ2) is 6.72. The number of halogens is 1. The van der Waals surface area contributed by atoms with Gasteiger partial charge in [0.05, 0.1) is 0 Å². The van der Waals surface area contributed by atoms with E-state index in [1.54, 1.807) is 12.1 Å². The van der Waals surface area contributed by atoms with Gasteiger partial charge in [0, 0.05) is 12.2 Å². The van der Waals surface area contributed by atoms with Crippen molar-refractivity contribution in [3.63, 3.8) is 0 Å². The highest BCUT2D eigenvalue weighted by Gasteiger charge is 1.98. The summed E-state index contributed by atoms with van der Waals surface area (Å²) >= 11 is 1.88. The van der Waals surface area contributed by atoms with Gasteiger partial charge in [-0.15, -0.1) is 0 Å². The zero-order valence-corrected chi connectivity index (χ0v) is 10.2. The van der Waals surface area contributed by atoms with Crippen LogP contribution in [0.4, 0.5) is 10.1 Å². The average molecular weight is 227 g/mol. The van der Waals surface area contributed by atoms with Crippen molar-refractivity contribution in [1.82, 2.24) is 0 Å². The molecule has 0 bridgehead atoms. The Morgan fingerprint density at radius 1 is 1.33 bits per heavy atom. The van der Waals surface area contributed by atoms with Crippen molar-refractivity contribution in [3.05, 3.63) is 29.6 Å². The minimum atomic E-state index is -0.166. The second-order valence-corrected chi connectivity index (χ2v) is 4.57. The van der Waals surface area contributed by atoms with Crippen molar-refractivity contribution in [3.8, 4) is 0 Å². The Morgan fingerprint density at radius 2 is 2.13 bits per heavy atom. The zero-order valence-electron chi connectivity index (χ0n) is 9.35. The Bertz CT molecular complexity index is 302. The number of nitrogens with one attached hydrogen (secondary N) is 1. The Balaban J connectivity index is 2.31. The smallest absolute Gasteiger partial charge is 0.123 e. The van der Waals surface area contributed by atoms with Gasteiger partial charge in [0.25, 0.3) is 0 Å². The molecule has 1 nitrogen and oxygen atoms in total. The monoisotopic (exact) mass is 227 g/mol. The molecule has 0 aromatic heterocycles. The van der Waals surface area contributed by atoms with Gasteiger partial charge in [-0.25, -0.2) is 4.39 Å². The highest BCUT2D eigenvalue weighted by atomic mass is 32.2. The summed E-state index contributed by atoms with van der Waals surface area (Å²) in [4.78, 5) is 0. The van der Waals surface area contributed by atoms with Crippen LogP contribution < -0.4 is 5.32 Å². The van der Waals surface area contributed by atoms with Crippen molar-refractivity contribution < 1.29 is 4.39 Å². The molecule has 1 aromatic rings. The first-order valence-electron chi connectivity index (χ1n) is 5.23. The number of aryl methyl sites for hydroxylation is 1. The fourth-order valence-electron chi connectivity index (χ4n) is 1.42.